The van der Waals surface area contributed by atoms with Gasteiger partial charge in [-0.3, -0.25) is 0 Å². The van der Waals surface area contributed by atoms with Crippen LogP contribution in [0.1, 0.15) is 62.5 Å². The molecule has 27 heavy (non-hydrogen) atoms. The first kappa shape index (κ1) is 20.3. The third kappa shape index (κ3) is 5.31. The Hall–Kier alpha value is -1.43. The molecule has 2 aliphatic rings. The van der Waals surface area contributed by atoms with Gasteiger partial charge in [0.2, 0.25) is 0 Å². The van der Waals surface area contributed by atoms with Gasteiger partial charge < -0.3 is 4.74 Å². The quantitative estimate of drug-likeness (QED) is 0.528. The Kier molecular flexibility index (Phi) is 6.24. The molecule has 2 atom stereocenters. The fraction of sp³-hybridized carbons (Fsp3) is 0.619. The minimum absolute atomic E-state index is 0.0356. The average Bonchev–Trinajstić information content (AvgIpc) is 2.61. The van der Waals surface area contributed by atoms with Crippen LogP contribution in [0.25, 0.3) is 6.08 Å². The van der Waals surface area contributed by atoms with Crippen LogP contribution in [0.5, 0.6) is 0 Å². The molecule has 150 valence electrons. The van der Waals surface area contributed by atoms with Crippen molar-refractivity contribution in [3.8, 4) is 0 Å². The zero-order valence-electron chi connectivity index (χ0n) is 15.4. The van der Waals surface area contributed by atoms with E-state index in [1.807, 2.05) is 0 Å². The van der Waals surface area contributed by atoms with Crippen molar-refractivity contribution in [2.24, 2.45) is 11.8 Å². The van der Waals surface area contributed by atoms with Crippen LogP contribution in [-0.4, -0.2) is 18.9 Å². The van der Waals surface area contributed by atoms with Crippen LogP contribution in [0.15, 0.2) is 18.2 Å². The minimum Gasteiger partial charge on any atom is -0.378 e. The monoisotopic (exact) mass is 388 g/mol. The maximum atomic E-state index is 14.2. The maximum Gasteiger partial charge on any atom is 0.409 e. The number of hydrogen-bond donors (Lipinski definition) is 0. The number of rotatable bonds is 3. The van der Waals surface area contributed by atoms with Gasteiger partial charge in [0, 0.05) is 18.2 Å². The lowest BCUT2D eigenvalue weighted by Crippen LogP contribution is -2.33. The standard InChI is InChI=1S/C21H25F5O/c1-13-2-7-20(27-12-13)15-5-3-14(4-6-15)16-10-18(22)17(19(23)11-16)8-9-21(24,25)26/h8-11,13-15,20H,2-7,12H2,1H3/b9-8+. The number of alkyl halides is 3. The van der Waals surface area contributed by atoms with Crippen molar-refractivity contribution in [3.05, 3.63) is 41.0 Å². The summed E-state index contributed by atoms with van der Waals surface area (Å²) in [7, 11) is 0. The highest BCUT2D eigenvalue weighted by molar-refractivity contribution is 5.52. The van der Waals surface area contributed by atoms with E-state index in [0.717, 1.165) is 38.7 Å². The first-order valence-corrected chi connectivity index (χ1v) is 9.59. The van der Waals surface area contributed by atoms with Crippen LogP contribution in [-0.2, 0) is 4.74 Å². The Bertz CT molecular complexity index is 643. The van der Waals surface area contributed by atoms with Crippen LogP contribution < -0.4 is 0 Å². The molecule has 0 bridgehead atoms. The van der Waals surface area contributed by atoms with Gasteiger partial charge in [-0.25, -0.2) is 8.78 Å². The zero-order chi connectivity index (χ0) is 19.6. The summed E-state index contributed by atoms with van der Waals surface area (Å²) in [5.74, 6) is -0.770. The SMILES string of the molecule is CC1CCC(C2CCC(c3cc(F)c(/C=C/C(F)(F)F)c(F)c3)CC2)OC1. The topological polar surface area (TPSA) is 9.23 Å². The number of halogens is 5. The fourth-order valence-corrected chi connectivity index (χ4v) is 4.28. The van der Waals surface area contributed by atoms with Crippen molar-refractivity contribution in [2.45, 2.75) is 63.6 Å². The summed E-state index contributed by atoms with van der Waals surface area (Å²) in [5.41, 5.74) is -0.111. The Morgan fingerprint density at radius 2 is 1.59 bits per heavy atom. The van der Waals surface area contributed by atoms with Gasteiger partial charge in [0.15, 0.2) is 0 Å². The largest absolute Gasteiger partial charge is 0.409 e. The van der Waals surface area contributed by atoms with Crippen LogP contribution in [0.3, 0.4) is 0 Å². The van der Waals surface area contributed by atoms with Crippen molar-refractivity contribution >= 4 is 6.08 Å². The molecule has 0 radical (unpaired) electrons. The van der Waals surface area contributed by atoms with E-state index >= 15 is 0 Å². The van der Waals surface area contributed by atoms with Crippen molar-refractivity contribution in [3.63, 3.8) is 0 Å². The predicted octanol–water partition coefficient (Wildman–Crippen LogP) is 6.63. The third-order valence-corrected chi connectivity index (χ3v) is 5.85. The van der Waals surface area contributed by atoms with Gasteiger partial charge in [0.1, 0.15) is 11.6 Å². The summed E-state index contributed by atoms with van der Waals surface area (Å²) in [4.78, 5) is 0. The lowest BCUT2D eigenvalue weighted by molar-refractivity contribution is -0.0790. The molecule has 1 aromatic carbocycles. The molecule has 1 aliphatic carbocycles. The van der Waals surface area contributed by atoms with Crippen molar-refractivity contribution in [2.75, 3.05) is 6.61 Å². The molecule has 2 fully saturated rings. The van der Waals surface area contributed by atoms with E-state index < -0.39 is 23.4 Å². The van der Waals surface area contributed by atoms with Gasteiger partial charge in [-0.2, -0.15) is 13.2 Å². The molecule has 1 heterocycles. The molecular weight excluding hydrogens is 363 g/mol. The Morgan fingerprint density at radius 1 is 0.963 bits per heavy atom. The highest BCUT2D eigenvalue weighted by Crippen LogP contribution is 2.40. The lowest BCUT2D eigenvalue weighted by Gasteiger charge is -2.37. The predicted molar refractivity (Wildman–Crippen MR) is 94.3 cm³/mol. The first-order valence-electron chi connectivity index (χ1n) is 9.59. The Balaban J connectivity index is 1.63. The Morgan fingerprint density at radius 3 is 2.11 bits per heavy atom. The smallest absolute Gasteiger partial charge is 0.378 e. The number of hydrogen-bond acceptors (Lipinski definition) is 1. The minimum atomic E-state index is -4.60. The summed E-state index contributed by atoms with van der Waals surface area (Å²) in [6.07, 6.45) is 1.75. The summed E-state index contributed by atoms with van der Waals surface area (Å²) in [6.45, 7) is 2.98. The van der Waals surface area contributed by atoms with Crippen molar-refractivity contribution in [1.29, 1.82) is 0 Å². The number of allylic oxidation sites excluding steroid dienone is 1. The molecule has 1 aliphatic heterocycles. The van der Waals surface area contributed by atoms with Gasteiger partial charge in [-0.1, -0.05) is 6.92 Å². The van der Waals surface area contributed by atoms with E-state index in [1.165, 1.54) is 18.6 Å². The van der Waals surface area contributed by atoms with Gasteiger partial charge in [-0.15, -0.1) is 0 Å². The summed E-state index contributed by atoms with van der Waals surface area (Å²) >= 11 is 0. The zero-order valence-corrected chi connectivity index (χ0v) is 15.4. The van der Waals surface area contributed by atoms with E-state index in [-0.39, 0.29) is 18.1 Å². The number of ether oxygens (including phenoxy) is 1. The molecule has 0 aromatic heterocycles. The van der Waals surface area contributed by atoms with E-state index in [2.05, 4.69) is 6.92 Å². The molecule has 6 heteroatoms. The van der Waals surface area contributed by atoms with E-state index in [0.29, 0.717) is 23.5 Å². The maximum absolute atomic E-state index is 14.2. The van der Waals surface area contributed by atoms with E-state index in [4.69, 9.17) is 4.74 Å². The van der Waals surface area contributed by atoms with Gasteiger partial charge in [0.05, 0.1) is 6.10 Å². The summed E-state index contributed by atoms with van der Waals surface area (Å²) in [6, 6.07) is 2.37. The summed E-state index contributed by atoms with van der Waals surface area (Å²) in [5, 5.41) is 0. The van der Waals surface area contributed by atoms with E-state index in [9.17, 15) is 22.0 Å². The van der Waals surface area contributed by atoms with Crippen LogP contribution in [0, 0.1) is 23.5 Å². The highest BCUT2D eigenvalue weighted by atomic mass is 19.4. The molecule has 2 unspecified atom stereocenters. The van der Waals surface area contributed by atoms with Crippen LogP contribution in [0.2, 0.25) is 0 Å². The first-order chi connectivity index (χ1) is 12.7. The second kappa shape index (κ2) is 8.29. The molecule has 0 amide bonds. The molecular formula is C21H25F5O. The normalized spacial score (nSPS) is 30.0. The van der Waals surface area contributed by atoms with E-state index in [1.54, 1.807) is 0 Å². The molecule has 3 rings (SSSR count). The van der Waals surface area contributed by atoms with Crippen LogP contribution >= 0.6 is 0 Å². The fourth-order valence-electron chi connectivity index (χ4n) is 4.28. The van der Waals surface area contributed by atoms with Gasteiger partial charge in [0.25, 0.3) is 0 Å². The third-order valence-electron chi connectivity index (χ3n) is 5.85. The van der Waals surface area contributed by atoms with Crippen molar-refractivity contribution < 1.29 is 26.7 Å². The molecule has 1 nitrogen and oxygen atoms in total. The molecule has 1 aromatic rings. The molecule has 1 saturated carbocycles. The lowest BCUT2D eigenvalue weighted by atomic mass is 9.75. The second-order valence-electron chi connectivity index (χ2n) is 7.94. The second-order valence-corrected chi connectivity index (χ2v) is 7.94. The average molecular weight is 388 g/mol. The molecule has 1 saturated heterocycles. The van der Waals surface area contributed by atoms with Crippen molar-refractivity contribution in [1.82, 2.24) is 0 Å². The van der Waals surface area contributed by atoms with Gasteiger partial charge >= 0.3 is 6.18 Å². The summed E-state index contributed by atoms with van der Waals surface area (Å²) < 4.78 is 71.0. The molecule has 0 N–H and O–H groups in total. The molecule has 0 spiro atoms. The number of benzene rings is 1. The van der Waals surface area contributed by atoms with Gasteiger partial charge in [-0.05, 0) is 80.1 Å². The van der Waals surface area contributed by atoms with Crippen LogP contribution in [0.4, 0.5) is 22.0 Å². The highest BCUT2D eigenvalue weighted by Gasteiger charge is 2.31. The Labute approximate surface area is 156 Å².